The van der Waals surface area contributed by atoms with Gasteiger partial charge in [0.1, 0.15) is 0 Å². The highest BCUT2D eigenvalue weighted by Crippen LogP contribution is 2.24. The van der Waals surface area contributed by atoms with E-state index in [1.165, 1.54) is 16.7 Å². The molecule has 1 aromatic carbocycles. The molecule has 0 fully saturated rings. The predicted molar refractivity (Wildman–Crippen MR) is 74.1 cm³/mol. The second-order valence-corrected chi connectivity index (χ2v) is 4.70. The average Bonchev–Trinajstić information content (AvgIpc) is 2.31. The van der Waals surface area contributed by atoms with E-state index in [0.29, 0.717) is 0 Å². The molecule has 94 valence electrons. The van der Waals surface area contributed by atoms with Crippen LogP contribution in [0.3, 0.4) is 0 Å². The fraction of sp³-hybridized carbons (Fsp3) is 0.267. The molecule has 0 saturated heterocycles. The Hall–Kier alpha value is -1.71. The van der Waals surface area contributed by atoms with Crippen LogP contribution < -0.4 is 11.3 Å². The van der Waals surface area contributed by atoms with Crippen molar-refractivity contribution in [3.8, 4) is 0 Å². The quantitative estimate of drug-likeness (QED) is 0.641. The highest BCUT2D eigenvalue weighted by molar-refractivity contribution is 5.37. The van der Waals surface area contributed by atoms with Crippen LogP contribution >= 0.6 is 0 Å². The molecule has 0 bridgehead atoms. The topological polar surface area (TPSA) is 50.9 Å². The van der Waals surface area contributed by atoms with Gasteiger partial charge < -0.3 is 0 Å². The number of benzene rings is 1. The number of hydrazine groups is 1. The Morgan fingerprint density at radius 1 is 1.11 bits per heavy atom. The third-order valence-corrected chi connectivity index (χ3v) is 3.10. The van der Waals surface area contributed by atoms with Crippen molar-refractivity contribution in [3.63, 3.8) is 0 Å². The first kappa shape index (κ1) is 12.7. The van der Waals surface area contributed by atoms with Crippen LogP contribution in [0.15, 0.2) is 36.5 Å². The molecule has 1 atom stereocenters. The number of nitrogens with zero attached hydrogens (tertiary/aromatic N) is 1. The fourth-order valence-electron chi connectivity index (χ4n) is 2.34. The van der Waals surface area contributed by atoms with Gasteiger partial charge in [-0.05, 0) is 38.0 Å². The van der Waals surface area contributed by atoms with E-state index in [1.54, 1.807) is 6.20 Å². The van der Waals surface area contributed by atoms with Crippen LogP contribution in [0.1, 0.15) is 34.0 Å². The Balaban J connectivity index is 2.48. The molecule has 0 aliphatic rings. The lowest BCUT2D eigenvalue weighted by atomic mass is 9.95. The van der Waals surface area contributed by atoms with Gasteiger partial charge in [0, 0.05) is 11.9 Å². The summed E-state index contributed by atoms with van der Waals surface area (Å²) in [7, 11) is 0. The van der Waals surface area contributed by atoms with Gasteiger partial charge in [-0.1, -0.05) is 35.4 Å². The van der Waals surface area contributed by atoms with Gasteiger partial charge in [0.2, 0.25) is 0 Å². The van der Waals surface area contributed by atoms with Crippen LogP contribution in [0.25, 0.3) is 0 Å². The minimum absolute atomic E-state index is 0.0164. The fourth-order valence-corrected chi connectivity index (χ4v) is 2.34. The van der Waals surface area contributed by atoms with Crippen molar-refractivity contribution >= 4 is 0 Å². The van der Waals surface area contributed by atoms with Crippen molar-refractivity contribution in [2.75, 3.05) is 0 Å². The molecule has 0 aliphatic heterocycles. The maximum atomic E-state index is 5.73. The Morgan fingerprint density at radius 3 is 2.33 bits per heavy atom. The van der Waals surface area contributed by atoms with Crippen molar-refractivity contribution in [2.24, 2.45) is 5.84 Å². The molecule has 3 nitrogen and oxygen atoms in total. The highest BCUT2D eigenvalue weighted by atomic mass is 15.2. The number of nitrogens with one attached hydrogen (secondary N) is 1. The predicted octanol–water partition coefficient (Wildman–Crippen LogP) is 2.56. The number of aromatic nitrogens is 1. The van der Waals surface area contributed by atoms with E-state index in [4.69, 9.17) is 5.84 Å². The highest BCUT2D eigenvalue weighted by Gasteiger charge is 2.15. The van der Waals surface area contributed by atoms with E-state index < -0.39 is 0 Å². The maximum Gasteiger partial charge on any atom is 0.0727 e. The summed E-state index contributed by atoms with van der Waals surface area (Å²) >= 11 is 0. The smallest absolute Gasteiger partial charge is 0.0727 e. The number of pyridine rings is 1. The lowest BCUT2D eigenvalue weighted by molar-refractivity contribution is 0.629. The van der Waals surface area contributed by atoms with Crippen molar-refractivity contribution in [1.82, 2.24) is 10.4 Å². The summed E-state index contributed by atoms with van der Waals surface area (Å²) in [6, 6.07) is 10.5. The number of nitrogens with two attached hydrogens (primary N) is 1. The standard InChI is InChI=1S/C15H19N3/c1-10-7-11(2)9-13(8-10)15(18-16)14-5-4-6-17-12(14)3/h4-9,15,18H,16H2,1-3H3. The normalized spacial score (nSPS) is 12.4. The molecule has 3 N–H and O–H groups in total. The van der Waals surface area contributed by atoms with Gasteiger partial charge in [0.25, 0.3) is 0 Å². The van der Waals surface area contributed by atoms with Crippen molar-refractivity contribution in [3.05, 3.63) is 64.5 Å². The first-order valence-electron chi connectivity index (χ1n) is 6.07. The summed E-state index contributed by atoms with van der Waals surface area (Å²) in [6.07, 6.45) is 1.80. The van der Waals surface area contributed by atoms with Gasteiger partial charge in [0.05, 0.1) is 6.04 Å². The molecule has 2 aromatic rings. The molecule has 0 spiro atoms. The van der Waals surface area contributed by atoms with Crippen LogP contribution in [0.4, 0.5) is 0 Å². The molecule has 1 aromatic heterocycles. The second-order valence-electron chi connectivity index (χ2n) is 4.70. The number of hydrogen-bond acceptors (Lipinski definition) is 3. The summed E-state index contributed by atoms with van der Waals surface area (Å²) in [5.41, 5.74) is 8.66. The average molecular weight is 241 g/mol. The summed E-state index contributed by atoms with van der Waals surface area (Å²) < 4.78 is 0. The van der Waals surface area contributed by atoms with E-state index >= 15 is 0 Å². The van der Waals surface area contributed by atoms with E-state index in [1.807, 2.05) is 13.0 Å². The second kappa shape index (κ2) is 5.29. The summed E-state index contributed by atoms with van der Waals surface area (Å²) in [5, 5.41) is 0. The molecule has 0 aliphatic carbocycles. The van der Waals surface area contributed by atoms with Gasteiger partial charge in [0.15, 0.2) is 0 Å². The van der Waals surface area contributed by atoms with E-state index in [9.17, 15) is 0 Å². The Bertz CT molecular complexity index is 529. The van der Waals surface area contributed by atoms with Crippen LogP contribution in [0.5, 0.6) is 0 Å². The molecule has 0 amide bonds. The van der Waals surface area contributed by atoms with E-state index in [-0.39, 0.29) is 6.04 Å². The molecule has 2 rings (SSSR count). The first-order valence-corrected chi connectivity index (χ1v) is 6.07. The van der Waals surface area contributed by atoms with Crippen LogP contribution in [-0.2, 0) is 0 Å². The van der Waals surface area contributed by atoms with E-state index in [0.717, 1.165) is 11.3 Å². The van der Waals surface area contributed by atoms with Gasteiger partial charge in [-0.3, -0.25) is 10.8 Å². The Kier molecular flexibility index (Phi) is 3.75. The zero-order valence-electron chi connectivity index (χ0n) is 11.1. The van der Waals surface area contributed by atoms with Crippen LogP contribution in [0, 0.1) is 20.8 Å². The molecule has 0 saturated carbocycles. The minimum atomic E-state index is -0.0164. The van der Waals surface area contributed by atoms with Crippen molar-refractivity contribution in [2.45, 2.75) is 26.8 Å². The Labute approximate surface area is 108 Å². The molecular weight excluding hydrogens is 222 g/mol. The summed E-state index contributed by atoms with van der Waals surface area (Å²) in [6.45, 7) is 6.20. The molecular formula is C15H19N3. The van der Waals surface area contributed by atoms with Gasteiger partial charge in [-0.25, -0.2) is 5.43 Å². The summed E-state index contributed by atoms with van der Waals surface area (Å²) in [5.74, 6) is 5.73. The SMILES string of the molecule is Cc1cc(C)cc(C(NN)c2cccnc2C)c1. The molecule has 3 heteroatoms. The lowest BCUT2D eigenvalue weighted by Gasteiger charge is -2.19. The van der Waals surface area contributed by atoms with Crippen LogP contribution in [0.2, 0.25) is 0 Å². The third kappa shape index (κ3) is 2.58. The third-order valence-electron chi connectivity index (χ3n) is 3.10. The zero-order valence-corrected chi connectivity index (χ0v) is 11.1. The summed E-state index contributed by atoms with van der Waals surface area (Å²) in [4.78, 5) is 4.32. The molecule has 1 unspecified atom stereocenters. The lowest BCUT2D eigenvalue weighted by Crippen LogP contribution is -2.29. The molecule has 1 heterocycles. The first-order chi connectivity index (χ1) is 8.61. The number of aryl methyl sites for hydroxylation is 3. The van der Waals surface area contributed by atoms with Gasteiger partial charge >= 0.3 is 0 Å². The van der Waals surface area contributed by atoms with E-state index in [2.05, 4.69) is 48.5 Å². The Morgan fingerprint density at radius 2 is 1.78 bits per heavy atom. The monoisotopic (exact) mass is 241 g/mol. The van der Waals surface area contributed by atoms with Crippen molar-refractivity contribution in [1.29, 1.82) is 0 Å². The van der Waals surface area contributed by atoms with Crippen molar-refractivity contribution < 1.29 is 0 Å². The zero-order chi connectivity index (χ0) is 13.1. The maximum absolute atomic E-state index is 5.73. The minimum Gasteiger partial charge on any atom is -0.271 e. The van der Waals surface area contributed by atoms with Gasteiger partial charge in [-0.2, -0.15) is 0 Å². The van der Waals surface area contributed by atoms with Gasteiger partial charge in [-0.15, -0.1) is 0 Å². The number of hydrogen-bond donors (Lipinski definition) is 2. The largest absolute Gasteiger partial charge is 0.271 e. The molecule has 0 radical (unpaired) electrons. The number of rotatable bonds is 3. The van der Waals surface area contributed by atoms with Crippen LogP contribution in [-0.4, -0.2) is 4.98 Å². The molecule has 18 heavy (non-hydrogen) atoms.